The van der Waals surface area contributed by atoms with Crippen molar-refractivity contribution in [2.75, 3.05) is 7.05 Å². The SMILES string of the molecule is CCCC(N)C(CC)N(C)Cc1ccccc1. The molecule has 0 fully saturated rings. The van der Waals surface area contributed by atoms with Crippen molar-refractivity contribution in [2.45, 2.75) is 51.7 Å². The van der Waals surface area contributed by atoms with E-state index in [2.05, 4.69) is 56.1 Å². The van der Waals surface area contributed by atoms with E-state index in [0.717, 1.165) is 25.8 Å². The molecule has 0 bridgehead atoms. The molecule has 96 valence electrons. The lowest BCUT2D eigenvalue weighted by atomic mass is 10.00. The van der Waals surface area contributed by atoms with Crippen LogP contribution in [-0.4, -0.2) is 24.0 Å². The molecule has 0 amide bonds. The first-order valence-electron chi connectivity index (χ1n) is 6.68. The molecule has 0 radical (unpaired) electrons. The Hall–Kier alpha value is -0.860. The number of nitrogens with two attached hydrogens (primary N) is 1. The van der Waals surface area contributed by atoms with Crippen LogP contribution in [0.1, 0.15) is 38.7 Å². The molecule has 0 saturated carbocycles. The molecule has 2 atom stereocenters. The van der Waals surface area contributed by atoms with Crippen molar-refractivity contribution in [1.82, 2.24) is 4.90 Å². The van der Waals surface area contributed by atoms with E-state index in [1.165, 1.54) is 5.56 Å². The molecule has 0 heterocycles. The van der Waals surface area contributed by atoms with Crippen LogP contribution in [0.4, 0.5) is 0 Å². The molecule has 1 aromatic rings. The van der Waals surface area contributed by atoms with E-state index < -0.39 is 0 Å². The van der Waals surface area contributed by atoms with Gasteiger partial charge in [0.05, 0.1) is 0 Å². The Balaban J connectivity index is 2.57. The second kappa shape index (κ2) is 7.46. The summed E-state index contributed by atoms with van der Waals surface area (Å²) in [6.45, 7) is 5.40. The number of benzene rings is 1. The fourth-order valence-corrected chi connectivity index (χ4v) is 2.46. The number of likely N-dealkylation sites (N-methyl/N-ethyl adjacent to an activating group) is 1. The second-order valence-corrected chi connectivity index (χ2v) is 4.83. The summed E-state index contributed by atoms with van der Waals surface area (Å²) in [4.78, 5) is 2.38. The van der Waals surface area contributed by atoms with Crippen molar-refractivity contribution in [2.24, 2.45) is 5.73 Å². The van der Waals surface area contributed by atoms with Crippen LogP contribution in [-0.2, 0) is 6.54 Å². The first kappa shape index (κ1) is 14.2. The Morgan fingerprint density at radius 2 is 1.82 bits per heavy atom. The van der Waals surface area contributed by atoms with E-state index in [1.54, 1.807) is 0 Å². The van der Waals surface area contributed by atoms with Crippen LogP contribution in [0.5, 0.6) is 0 Å². The van der Waals surface area contributed by atoms with Crippen molar-refractivity contribution in [3.05, 3.63) is 35.9 Å². The molecule has 17 heavy (non-hydrogen) atoms. The van der Waals surface area contributed by atoms with Crippen LogP contribution >= 0.6 is 0 Å². The fourth-order valence-electron chi connectivity index (χ4n) is 2.46. The summed E-state index contributed by atoms with van der Waals surface area (Å²) in [5.41, 5.74) is 7.61. The number of rotatable bonds is 7. The van der Waals surface area contributed by atoms with E-state index in [1.807, 2.05) is 0 Å². The monoisotopic (exact) mass is 234 g/mol. The highest BCUT2D eigenvalue weighted by Gasteiger charge is 2.19. The Morgan fingerprint density at radius 1 is 1.18 bits per heavy atom. The van der Waals surface area contributed by atoms with Gasteiger partial charge in [-0.2, -0.15) is 0 Å². The minimum Gasteiger partial charge on any atom is -0.326 e. The lowest BCUT2D eigenvalue weighted by Gasteiger charge is -2.32. The highest BCUT2D eigenvalue weighted by molar-refractivity contribution is 5.14. The Kier molecular flexibility index (Phi) is 6.23. The summed E-state index contributed by atoms with van der Waals surface area (Å²) < 4.78 is 0. The van der Waals surface area contributed by atoms with Gasteiger partial charge in [0.25, 0.3) is 0 Å². The molecule has 1 aromatic carbocycles. The van der Waals surface area contributed by atoms with E-state index in [0.29, 0.717) is 12.1 Å². The predicted molar refractivity (Wildman–Crippen MR) is 74.9 cm³/mol. The molecule has 1 rings (SSSR count). The molecule has 2 unspecified atom stereocenters. The minimum absolute atomic E-state index is 0.290. The van der Waals surface area contributed by atoms with Crippen LogP contribution in [0.2, 0.25) is 0 Å². The minimum atomic E-state index is 0.290. The number of hydrogen-bond donors (Lipinski definition) is 1. The van der Waals surface area contributed by atoms with Gasteiger partial charge in [-0.1, -0.05) is 50.6 Å². The van der Waals surface area contributed by atoms with E-state index in [9.17, 15) is 0 Å². The fraction of sp³-hybridized carbons (Fsp3) is 0.600. The molecule has 0 aliphatic carbocycles. The Bertz CT molecular complexity index is 297. The maximum absolute atomic E-state index is 6.25. The van der Waals surface area contributed by atoms with Gasteiger partial charge >= 0.3 is 0 Å². The molecular weight excluding hydrogens is 208 g/mol. The summed E-state index contributed by atoms with van der Waals surface area (Å²) in [6, 6.07) is 11.4. The van der Waals surface area contributed by atoms with Gasteiger partial charge in [0.1, 0.15) is 0 Å². The second-order valence-electron chi connectivity index (χ2n) is 4.83. The van der Waals surface area contributed by atoms with Gasteiger partial charge in [0, 0.05) is 18.6 Å². The normalized spacial score (nSPS) is 14.9. The van der Waals surface area contributed by atoms with Crippen LogP contribution < -0.4 is 5.73 Å². The molecule has 0 aliphatic heterocycles. The third kappa shape index (κ3) is 4.49. The average Bonchev–Trinajstić information content (AvgIpc) is 2.31. The van der Waals surface area contributed by atoms with Crippen molar-refractivity contribution >= 4 is 0 Å². The van der Waals surface area contributed by atoms with Crippen LogP contribution in [0.3, 0.4) is 0 Å². The van der Waals surface area contributed by atoms with Crippen molar-refractivity contribution in [1.29, 1.82) is 0 Å². The summed E-state index contributed by atoms with van der Waals surface area (Å²) in [5.74, 6) is 0. The van der Waals surface area contributed by atoms with Crippen LogP contribution in [0, 0.1) is 0 Å². The third-order valence-electron chi connectivity index (χ3n) is 3.38. The lowest BCUT2D eigenvalue weighted by molar-refractivity contribution is 0.191. The molecular formula is C15H26N2. The average molecular weight is 234 g/mol. The first-order chi connectivity index (χ1) is 8.19. The highest BCUT2D eigenvalue weighted by atomic mass is 15.1. The molecule has 0 saturated heterocycles. The number of hydrogen-bond acceptors (Lipinski definition) is 2. The largest absolute Gasteiger partial charge is 0.326 e. The van der Waals surface area contributed by atoms with Gasteiger partial charge in [0.15, 0.2) is 0 Å². The molecule has 0 aromatic heterocycles. The first-order valence-corrected chi connectivity index (χ1v) is 6.68. The predicted octanol–water partition coefficient (Wildman–Crippen LogP) is 3.02. The lowest BCUT2D eigenvalue weighted by Crippen LogP contribution is -2.45. The van der Waals surface area contributed by atoms with Gasteiger partial charge in [-0.15, -0.1) is 0 Å². The number of nitrogens with zero attached hydrogens (tertiary/aromatic N) is 1. The smallest absolute Gasteiger partial charge is 0.0245 e. The van der Waals surface area contributed by atoms with Crippen molar-refractivity contribution in [3.8, 4) is 0 Å². The topological polar surface area (TPSA) is 29.3 Å². The van der Waals surface area contributed by atoms with Gasteiger partial charge in [0.2, 0.25) is 0 Å². The third-order valence-corrected chi connectivity index (χ3v) is 3.38. The Morgan fingerprint density at radius 3 is 2.35 bits per heavy atom. The van der Waals surface area contributed by atoms with Crippen LogP contribution in [0.25, 0.3) is 0 Å². The zero-order valence-corrected chi connectivity index (χ0v) is 11.4. The maximum Gasteiger partial charge on any atom is 0.0245 e. The summed E-state index contributed by atoms with van der Waals surface area (Å²) >= 11 is 0. The van der Waals surface area contributed by atoms with Crippen molar-refractivity contribution in [3.63, 3.8) is 0 Å². The molecule has 2 heteroatoms. The van der Waals surface area contributed by atoms with Gasteiger partial charge < -0.3 is 5.73 Å². The maximum atomic E-state index is 6.25. The summed E-state index contributed by atoms with van der Waals surface area (Å²) in [6.07, 6.45) is 3.39. The molecule has 2 N–H and O–H groups in total. The molecule has 0 spiro atoms. The highest BCUT2D eigenvalue weighted by Crippen LogP contribution is 2.13. The molecule has 2 nitrogen and oxygen atoms in total. The van der Waals surface area contributed by atoms with E-state index in [4.69, 9.17) is 5.73 Å². The van der Waals surface area contributed by atoms with E-state index >= 15 is 0 Å². The van der Waals surface area contributed by atoms with Crippen molar-refractivity contribution < 1.29 is 0 Å². The summed E-state index contributed by atoms with van der Waals surface area (Å²) in [5, 5.41) is 0. The zero-order valence-electron chi connectivity index (χ0n) is 11.4. The van der Waals surface area contributed by atoms with E-state index in [-0.39, 0.29) is 0 Å². The van der Waals surface area contributed by atoms with Gasteiger partial charge in [-0.3, -0.25) is 4.90 Å². The zero-order chi connectivity index (χ0) is 12.7. The summed E-state index contributed by atoms with van der Waals surface area (Å²) in [7, 11) is 2.18. The standard InChI is InChI=1S/C15H26N2/c1-4-9-14(16)15(5-2)17(3)12-13-10-7-6-8-11-13/h6-8,10-11,14-15H,4-5,9,12,16H2,1-3H3. The van der Waals surface area contributed by atoms with Gasteiger partial charge in [-0.05, 0) is 25.5 Å². The van der Waals surface area contributed by atoms with Gasteiger partial charge in [-0.25, -0.2) is 0 Å². The molecule has 0 aliphatic rings. The quantitative estimate of drug-likeness (QED) is 0.786. The Labute approximate surface area is 106 Å². The van der Waals surface area contributed by atoms with Crippen LogP contribution in [0.15, 0.2) is 30.3 Å².